The first-order valence-corrected chi connectivity index (χ1v) is 15.0. The predicted octanol–water partition coefficient (Wildman–Crippen LogP) is 2.65. The molecule has 0 unspecified atom stereocenters. The van der Waals surface area contributed by atoms with Gasteiger partial charge in [-0.05, 0) is 85.6 Å². The Kier molecular flexibility index (Phi) is 10.2. The summed E-state index contributed by atoms with van der Waals surface area (Å²) in [6.45, 7) is 0.962. The van der Waals surface area contributed by atoms with Gasteiger partial charge in [0.2, 0.25) is 11.8 Å². The van der Waals surface area contributed by atoms with E-state index in [1.807, 2.05) is 36.4 Å². The number of carbonyl (C=O) groups is 4. The Hall–Kier alpha value is -4.94. The summed E-state index contributed by atoms with van der Waals surface area (Å²) in [6, 6.07) is 16.3. The van der Waals surface area contributed by atoms with E-state index in [-0.39, 0.29) is 36.5 Å². The topological polar surface area (TPSA) is 136 Å². The lowest BCUT2D eigenvalue weighted by molar-refractivity contribution is -0.123. The molecule has 0 aromatic heterocycles. The summed E-state index contributed by atoms with van der Waals surface area (Å²) in [6.07, 6.45) is 1.31. The quantitative estimate of drug-likeness (QED) is 0.256. The van der Waals surface area contributed by atoms with Crippen molar-refractivity contribution >= 4 is 35.0 Å². The third-order valence-corrected chi connectivity index (χ3v) is 8.16. The minimum atomic E-state index is -0.653. The second-order valence-electron chi connectivity index (χ2n) is 11.0. The highest BCUT2D eigenvalue weighted by Gasteiger charge is 2.41. The van der Waals surface area contributed by atoms with Crippen LogP contribution in [-0.2, 0) is 32.0 Å². The number of nitrogens with zero attached hydrogens (tertiary/aromatic N) is 2. The SMILES string of the molecule is COc1ccc(CCN[C@@H]2CC(=O)N(c3ccc(N4C(=O)C[C@@H](NCCc5ccc(OC)c(OC)c5)C4=O)cc3)C2=O)cc1OC. The highest BCUT2D eigenvalue weighted by molar-refractivity contribution is 6.24. The number of rotatable bonds is 14. The Morgan fingerprint density at radius 2 is 0.935 bits per heavy atom. The van der Waals surface area contributed by atoms with Crippen LogP contribution in [0.4, 0.5) is 11.4 Å². The first-order valence-electron chi connectivity index (χ1n) is 15.0. The fourth-order valence-corrected chi connectivity index (χ4v) is 5.73. The number of amides is 4. The van der Waals surface area contributed by atoms with Gasteiger partial charge in [0.25, 0.3) is 11.8 Å². The maximum atomic E-state index is 13.2. The molecule has 5 rings (SSSR count). The lowest BCUT2D eigenvalue weighted by atomic mass is 10.1. The molecule has 12 heteroatoms. The van der Waals surface area contributed by atoms with Crippen LogP contribution in [0.25, 0.3) is 0 Å². The van der Waals surface area contributed by atoms with Crippen molar-refractivity contribution in [3.8, 4) is 23.0 Å². The van der Waals surface area contributed by atoms with E-state index in [9.17, 15) is 19.2 Å². The summed E-state index contributed by atoms with van der Waals surface area (Å²) < 4.78 is 21.3. The molecule has 242 valence electrons. The van der Waals surface area contributed by atoms with E-state index in [2.05, 4.69) is 10.6 Å². The van der Waals surface area contributed by atoms with Gasteiger partial charge in [-0.2, -0.15) is 0 Å². The first kappa shape index (κ1) is 32.5. The smallest absolute Gasteiger partial charge is 0.251 e. The second-order valence-corrected chi connectivity index (χ2v) is 11.0. The van der Waals surface area contributed by atoms with Crippen LogP contribution in [0, 0.1) is 0 Å². The van der Waals surface area contributed by atoms with Crippen molar-refractivity contribution in [2.45, 2.75) is 37.8 Å². The first-order chi connectivity index (χ1) is 22.3. The Labute approximate surface area is 267 Å². The van der Waals surface area contributed by atoms with E-state index in [0.29, 0.717) is 60.3 Å². The van der Waals surface area contributed by atoms with Crippen LogP contribution >= 0.6 is 0 Å². The Morgan fingerprint density at radius 1 is 0.565 bits per heavy atom. The molecule has 2 heterocycles. The molecule has 0 radical (unpaired) electrons. The van der Waals surface area contributed by atoms with Crippen molar-refractivity contribution < 1.29 is 38.1 Å². The summed E-state index contributed by atoms with van der Waals surface area (Å²) in [5, 5.41) is 6.37. The molecule has 2 aliphatic heterocycles. The zero-order chi connectivity index (χ0) is 32.8. The van der Waals surface area contributed by atoms with Gasteiger partial charge in [0.05, 0.1) is 64.7 Å². The van der Waals surface area contributed by atoms with Gasteiger partial charge < -0.3 is 29.6 Å². The van der Waals surface area contributed by atoms with Gasteiger partial charge in [0.15, 0.2) is 23.0 Å². The molecule has 0 saturated carbocycles. The van der Waals surface area contributed by atoms with Crippen LogP contribution in [0.15, 0.2) is 60.7 Å². The second kappa shape index (κ2) is 14.4. The largest absolute Gasteiger partial charge is 0.493 e. The van der Waals surface area contributed by atoms with E-state index in [0.717, 1.165) is 20.9 Å². The number of hydrogen-bond acceptors (Lipinski definition) is 10. The van der Waals surface area contributed by atoms with Crippen molar-refractivity contribution in [1.29, 1.82) is 0 Å². The van der Waals surface area contributed by atoms with Crippen molar-refractivity contribution in [3.63, 3.8) is 0 Å². The fourth-order valence-electron chi connectivity index (χ4n) is 5.73. The van der Waals surface area contributed by atoms with Crippen LogP contribution in [0.3, 0.4) is 0 Å². The summed E-state index contributed by atoms with van der Waals surface area (Å²) in [5.41, 5.74) is 2.75. The van der Waals surface area contributed by atoms with E-state index in [1.165, 1.54) is 0 Å². The third-order valence-electron chi connectivity index (χ3n) is 8.16. The lowest BCUT2D eigenvalue weighted by Crippen LogP contribution is -2.40. The standard InChI is InChI=1S/C34H38N4O8/c1-43-27-11-5-21(17-29(27)45-3)13-15-35-25-19-31(39)37(33(25)41)23-7-9-24(10-8-23)38-32(40)20-26(34(38)42)36-16-14-22-6-12-28(44-2)30(18-22)46-4/h5-12,17-18,25-26,35-36H,13-16,19-20H2,1-4H3/t25-,26-/m1/s1. The molecule has 3 aromatic rings. The Morgan fingerprint density at radius 3 is 1.28 bits per heavy atom. The zero-order valence-corrected chi connectivity index (χ0v) is 26.3. The van der Waals surface area contributed by atoms with Gasteiger partial charge in [-0.3, -0.25) is 19.2 Å². The summed E-state index contributed by atoms with van der Waals surface area (Å²) in [7, 11) is 6.29. The summed E-state index contributed by atoms with van der Waals surface area (Å²) in [4.78, 5) is 54.3. The molecule has 2 fully saturated rings. The Bertz CT molecular complexity index is 1490. The van der Waals surface area contributed by atoms with Crippen LogP contribution in [0.1, 0.15) is 24.0 Å². The van der Waals surface area contributed by atoms with Crippen molar-refractivity contribution in [3.05, 3.63) is 71.8 Å². The molecule has 4 amide bonds. The van der Waals surface area contributed by atoms with Gasteiger partial charge in [0.1, 0.15) is 0 Å². The molecule has 2 atom stereocenters. The maximum Gasteiger partial charge on any atom is 0.251 e. The highest BCUT2D eigenvalue weighted by atomic mass is 16.5. The average molecular weight is 631 g/mol. The third kappa shape index (κ3) is 6.82. The monoisotopic (exact) mass is 630 g/mol. The molecular formula is C34H38N4O8. The van der Waals surface area contributed by atoms with Crippen LogP contribution in [0.5, 0.6) is 23.0 Å². The molecular weight excluding hydrogens is 592 g/mol. The van der Waals surface area contributed by atoms with Crippen LogP contribution < -0.4 is 39.4 Å². The molecule has 2 saturated heterocycles. The molecule has 0 bridgehead atoms. The average Bonchev–Trinajstić information content (AvgIpc) is 3.52. The predicted molar refractivity (Wildman–Crippen MR) is 171 cm³/mol. The number of benzene rings is 3. The number of hydrogen-bond donors (Lipinski definition) is 2. The highest BCUT2D eigenvalue weighted by Crippen LogP contribution is 2.30. The number of ether oxygens (including phenoxy) is 4. The van der Waals surface area contributed by atoms with Crippen molar-refractivity contribution in [2.24, 2.45) is 0 Å². The van der Waals surface area contributed by atoms with Gasteiger partial charge in [0, 0.05) is 0 Å². The maximum absolute atomic E-state index is 13.2. The molecule has 0 spiro atoms. The van der Waals surface area contributed by atoms with Crippen LogP contribution in [0.2, 0.25) is 0 Å². The minimum Gasteiger partial charge on any atom is -0.493 e. The van der Waals surface area contributed by atoms with E-state index in [1.54, 1.807) is 52.7 Å². The van der Waals surface area contributed by atoms with Gasteiger partial charge in [-0.1, -0.05) is 12.1 Å². The number of imide groups is 2. The van der Waals surface area contributed by atoms with Crippen LogP contribution in [-0.4, -0.2) is 77.2 Å². The van der Waals surface area contributed by atoms with E-state index >= 15 is 0 Å². The van der Waals surface area contributed by atoms with E-state index in [4.69, 9.17) is 18.9 Å². The molecule has 3 aromatic carbocycles. The number of nitrogens with one attached hydrogen (secondary N) is 2. The summed E-state index contributed by atoms with van der Waals surface area (Å²) in [5.74, 6) is 1.16. The molecule has 46 heavy (non-hydrogen) atoms. The molecule has 0 aliphatic carbocycles. The van der Waals surface area contributed by atoms with Crippen molar-refractivity contribution in [2.75, 3.05) is 51.3 Å². The molecule has 12 nitrogen and oxygen atoms in total. The fraction of sp³-hybridized carbons (Fsp3) is 0.353. The zero-order valence-electron chi connectivity index (χ0n) is 26.3. The van der Waals surface area contributed by atoms with Crippen molar-refractivity contribution in [1.82, 2.24) is 10.6 Å². The van der Waals surface area contributed by atoms with Gasteiger partial charge >= 0.3 is 0 Å². The molecule has 2 N–H and O–H groups in total. The normalized spacial score (nSPS) is 18.0. The summed E-state index contributed by atoms with van der Waals surface area (Å²) >= 11 is 0. The Balaban J connectivity index is 1.15. The number of carbonyl (C=O) groups excluding carboxylic acids is 4. The lowest BCUT2D eigenvalue weighted by Gasteiger charge is -2.19. The molecule has 2 aliphatic rings. The van der Waals surface area contributed by atoms with Gasteiger partial charge in [-0.15, -0.1) is 0 Å². The minimum absolute atomic E-state index is 0.0340. The van der Waals surface area contributed by atoms with Gasteiger partial charge in [-0.25, -0.2) is 9.80 Å². The number of anilines is 2. The number of methoxy groups -OCH3 is 4. The van der Waals surface area contributed by atoms with E-state index < -0.39 is 12.1 Å².